The van der Waals surface area contributed by atoms with Gasteiger partial charge >= 0.3 is 11.7 Å². The van der Waals surface area contributed by atoms with Gasteiger partial charge in [0.05, 0.1) is 11.0 Å². The van der Waals surface area contributed by atoms with Crippen molar-refractivity contribution in [2.24, 2.45) is 0 Å². The molecule has 0 radical (unpaired) electrons. The summed E-state index contributed by atoms with van der Waals surface area (Å²) < 4.78 is 1.78. The number of rotatable bonds is 5. The normalized spacial score (nSPS) is 11.3. The highest BCUT2D eigenvalue weighted by Crippen LogP contribution is 2.24. The second-order valence-electron chi connectivity index (χ2n) is 6.08. The van der Waals surface area contributed by atoms with Crippen LogP contribution in [0.5, 0.6) is 0 Å². The molecular weight excluding hydrogens is 324 g/mol. The Hall–Kier alpha value is -3.03. The molecule has 2 N–H and O–H groups in total. The van der Waals surface area contributed by atoms with Crippen molar-refractivity contribution in [3.8, 4) is 11.5 Å². The molecule has 25 heavy (non-hydrogen) atoms. The molecule has 0 unspecified atom stereocenters. The summed E-state index contributed by atoms with van der Waals surface area (Å²) >= 11 is 0. The number of aromatic amines is 1. The smallest absolute Gasteiger partial charge is 0.349 e. The van der Waals surface area contributed by atoms with Crippen LogP contribution in [0.4, 0.5) is 0 Å². The number of aryl methyl sites for hydroxylation is 3. The minimum atomic E-state index is -0.850. The molecule has 8 nitrogen and oxygen atoms in total. The molecule has 0 fully saturated rings. The highest BCUT2D eigenvalue weighted by Gasteiger charge is 2.19. The average Bonchev–Trinajstić information content (AvgIpc) is 2.53. The molecule has 0 aliphatic carbocycles. The van der Waals surface area contributed by atoms with Gasteiger partial charge in [-0.25, -0.2) is 9.78 Å². The first-order valence-corrected chi connectivity index (χ1v) is 8.00. The molecule has 0 atom stereocenters. The van der Waals surface area contributed by atoms with Crippen molar-refractivity contribution in [3.05, 3.63) is 44.1 Å². The van der Waals surface area contributed by atoms with E-state index in [1.54, 1.807) is 4.57 Å². The highest BCUT2D eigenvalue weighted by molar-refractivity contribution is 5.81. The molecule has 0 amide bonds. The minimum Gasteiger partial charge on any atom is -0.481 e. The lowest BCUT2D eigenvalue weighted by molar-refractivity contribution is -0.137. The minimum absolute atomic E-state index is 0.0699. The SMILES string of the molecule is Cc1cc2nc3c(=O)[nH]c(=O)nc-3n(CCCCC(=O)O)c2cc1C. The van der Waals surface area contributed by atoms with Gasteiger partial charge in [0.1, 0.15) is 0 Å². The van der Waals surface area contributed by atoms with Gasteiger partial charge < -0.3 is 9.67 Å². The molecular formula is C17H18N4O4. The fourth-order valence-corrected chi connectivity index (χ4v) is 2.82. The zero-order valence-electron chi connectivity index (χ0n) is 14.0. The van der Waals surface area contributed by atoms with Crippen molar-refractivity contribution in [2.75, 3.05) is 0 Å². The summed E-state index contributed by atoms with van der Waals surface area (Å²) in [5, 5.41) is 8.78. The molecule has 0 aromatic heterocycles. The number of nitrogens with one attached hydrogen (secondary N) is 1. The first-order valence-electron chi connectivity index (χ1n) is 8.00. The van der Waals surface area contributed by atoms with Gasteiger partial charge in [0.15, 0.2) is 11.5 Å². The Kier molecular flexibility index (Phi) is 4.35. The third-order valence-electron chi connectivity index (χ3n) is 4.25. The van der Waals surface area contributed by atoms with Crippen LogP contribution in [0.3, 0.4) is 0 Å². The van der Waals surface area contributed by atoms with Gasteiger partial charge in [0, 0.05) is 13.0 Å². The van der Waals surface area contributed by atoms with Crippen LogP contribution in [0.15, 0.2) is 21.7 Å². The number of carboxylic acid groups (broad SMARTS) is 1. The van der Waals surface area contributed by atoms with E-state index in [4.69, 9.17) is 5.11 Å². The third-order valence-corrected chi connectivity index (χ3v) is 4.25. The molecule has 0 spiro atoms. The van der Waals surface area contributed by atoms with Crippen molar-refractivity contribution >= 4 is 17.0 Å². The first kappa shape index (κ1) is 16.8. The van der Waals surface area contributed by atoms with Crippen LogP contribution in [0.2, 0.25) is 0 Å². The Balaban J connectivity index is 2.20. The van der Waals surface area contributed by atoms with E-state index in [0.717, 1.165) is 16.6 Å². The van der Waals surface area contributed by atoms with E-state index in [9.17, 15) is 14.4 Å². The molecule has 3 rings (SSSR count). The summed E-state index contributed by atoms with van der Waals surface area (Å²) in [4.78, 5) is 44.9. The molecule has 130 valence electrons. The van der Waals surface area contributed by atoms with Crippen LogP contribution < -0.4 is 11.2 Å². The maximum absolute atomic E-state index is 12.1. The lowest BCUT2D eigenvalue weighted by atomic mass is 10.1. The third kappa shape index (κ3) is 3.28. The number of hydrogen-bond donors (Lipinski definition) is 2. The Labute approximate surface area is 142 Å². The molecule has 1 aromatic carbocycles. The summed E-state index contributed by atoms with van der Waals surface area (Å²) in [6.45, 7) is 4.38. The average molecular weight is 342 g/mol. The number of aromatic nitrogens is 4. The van der Waals surface area contributed by atoms with Crippen LogP contribution in [0, 0.1) is 13.8 Å². The highest BCUT2D eigenvalue weighted by atomic mass is 16.4. The molecule has 8 heteroatoms. The van der Waals surface area contributed by atoms with E-state index >= 15 is 0 Å². The van der Waals surface area contributed by atoms with Crippen molar-refractivity contribution in [1.29, 1.82) is 0 Å². The number of carbonyl (C=O) groups is 1. The van der Waals surface area contributed by atoms with E-state index < -0.39 is 17.2 Å². The number of benzene rings is 1. The van der Waals surface area contributed by atoms with Crippen LogP contribution in [-0.4, -0.2) is 30.6 Å². The van der Waals surface area contributed by atoms with Crippen molar-refractivity contribution in [2.45, 2.75) is 39.7 Å². The lowest BCUT2D eigenvalue weighted by Gasteiger charge is -2.17. The van der Waals surface area contributed by atoms with Gasteiger partial charge in [-0.05, 0) is 49.9 Å². The van der Waals surface area contributed by atoms with Crippen molar-refractivity contribution in [3.63, 3.8) is 0 Å². The van der Waals surface area contributed by atoms with Crippen molar-refractivity contribution in [1.82, 2.24) is 19.5 Å². The van der Waals surface area contributed by atoms with Gasteiger partial charge in [0.25, 0.3) is 5.56 Å². The largest absolute Gasteiger partial charge is 0.481 e. The van der Waals surface area contributed by atoms with Gasteiger partial charge in [-0.2, -0.15) is 4.98 Å². The van der Waals surface area contributed by atoms with E-state index in [2.05, 4.69) is 15.0 Å². The lowest BCUT2D eigenvalue weighted by Crippen LogP contribution is -2.29. The molecule has 0 saturated heterocycles. The molecule has 2 aliphatic rings. The second kappa shape index (κ2) is 6.46. The van der Waals surface area contributed by atoms with E-state index in [-0.39, 0.29) is 17.9 Å². The van der Waals surface area contributed by atoms with E-state index in [0.29, 0.717) is 24.9 Å². The first-order chi connectivity index (χ1) is 11.9. The van der Waals surface area contributed by atoms with Crippen LogP contribution in [0.25, 0.3) is 22.6 Å². The molecule has 2 heterocycles. The zero-order chi connectivity index (χ0) is 18.1. The number of fused-ring (bicyclic) bond motifs is 2. The van der Waals surface area contributed by atoms with Crippen LogP contribution in [-0.2, 0) is 11.3 Å². The molecule has 2 aliphatic heterocycles. The fraction of sp³-hybridized carbons (Fsp3) is 0.353. The molecule has 0 saturated carbocycles. The predicted octanol–water partition coefficient (Wildman–Crippen LogP) is 1.46. The molecule has 1 aromatic rings. The summed E-state index contributed by atoms with van der Waals surface area (Å²) in [6.07, 6.45) is 1.15. The number of aliphatic carboxylic acids is 1. The summed E-state index contributed by atoms with van der Waals surface area (Å²) in [7, 11) is 0. The Bertz CT molecular complexity index is 1050. The number of unbranched alkanes of at least 4 members (excludes halogenated alkanes) is 1. The Morgan fingerprint density at radius 1 is 1.16 bits per heavy atom. The van der Waals surface area contributed by atoms with E-state index in [1.165, 1.54) is 0 Å². The van der Waals surface area contributed by atoms with E-state index in [1.807, 2.05) is 26.0 Å². The van der Waals surface area contributed by atoms with Gasteiger partial charge in [0.2, 0.25) is 0 Å². The number of nitrogens with zero attached hydrogens (tertiary/aromatic N) is 3. The number of H-pyrrole nitrogens is 1. The van der Waals surface area contributed by atoms with Crippen LogP contribution >= 0.6 is 0 Å². The summed E-state index contributed by atoms with van der Waals surface area (Å²) in [5.74, 6) is -0.628. The van der Waals surface area contributed by atoms with Gasteiger partial charge in [-0.15, -0.1) is 0 Å². The standard InChI is InChI=1S/C17H18N4O4/c1-9-7-11-12(8-10(9)2)21(6-4-3-5-13(22)23)15-14(18-11)16(24)20-17(25)19-15/h7-8H,3-6H2,1-2H3,(H,22,23)(H,20,24,25). The zero-order valence-corrected chi connectivity index (χ0v) is 14.0. The fourth-order valence-electron chi connectivity index (χ4n) is 2.82. The van der Waals surface area contributed by atoms with Crippen LogP contribution in [0.1, 0.15) is 30.4 Å². The second-order valence-corrected chi connectivity index (χ2v) is 6.08. The van der Waals surface area contributed by atoms with Gasteiger partial charge in [-0.1, -0.05) is 0 Å². The maximum atomic E-state index is 12.1. The van der Waals surface area contributed by atoms with Crippen molar-refractivity contribution < 1.29 is 9.90 Å². The quantitative estimate of drug-likeness (QED) is 0.535. The Morgan fingerprint density at radius 2 is 1.88 bits per heavy atom. The Morgan fingerprint density at radius 3 is 2.60 bits per heavy atom. The topological polar surface area (TPSA) is 118 Å². The summed E-state index contributed by atoms with van der Waals surface area (Å²) in [5.41, 5.74) is 2.31. The number of carboxylic acids is 1. The molecule has 0 bridgehead atoms. The number of hydrogen-bond acceptors (Lipinski definition) is 5. The monoisotopic (exact) mass is 342 g/mol. The summed E-state index contributed by atoms with van der Waals surface area (Å²) in [6, 6.07) is 3.84. The maximum Gasteiger partial charge on any atom is 0.349 e. The predicted molar refractivity (Wildman–Crippen MR) is 92.0 cm³/mol. The van der Waals surface area contributed by atoms with Gasteiger partial charge in [-0.3, -0.25) is 14.6 Å².